The van der Waals surface area contributed by atoms with Crippen molar-refractivity contribution in [1.29, 1.82) is 0 Å². The van der Waals surface area contributed by atoms with Gasteiger partial charge in [-0.1, -0.05) is 12.2 Å². The zero-order valence-corrected chi connectivity index (χ0v) is 7.46. The first-order valence-electron chi connectivity index (χ1n) is 2.89. The van der Waals surface area contributed by atoms with Gasteiger partial charge in [0.2, 0.25) is 0 Å². The summed E-state index contributed by atoms with van der Waals surface area (Å²) in [6.07, 6.45) is 2.70. The topological polar surface area (TPSA) is 66.8 Å². The van der Waals surface area contributed by atoms with Gasteiger partial charge in [-0.2, -0.15) is 0 Å². The third-order valence-electron chi connectivity index (χ3n) is 0.729. The maximum Gasteiger partial charge on any atom is 0.350 e. The molecular formula is C5H10ClO4P. The van der Waals surface area contributed by atoms with Crippen molar-refractivity contribution in [3.63, 3.8) is 0 Å². The van der Waals surface area contributed by atoms with Gasteiger partial charge < -0.3 is 14.5 Å². The second-order valence-corrected chi connectivity index (χ2v) is 3.69. The standard InChI is InChI=1S/C5H10ClO4P/c6-3-1-2-4-10-5-11(7,8)9/h1-2H,3-5H2,(H2,7,8,9). The van der Waals surface area contributed by atoms with Gasteiger partial charge in [-0.05, 0) is 0 Å². The van der Waals surface area contributed by atoms with Crippen molar-refractivity contribution in [3.8, 4) is 0 Å². The van der Waals surface area contributed by atoms with E-state index in [4.69, 9.17) is 21.4 Å². The van der Waals surface area contributed by atoms with Crippen LogP contribution in [0.1, 0.15) is 0 Å². The molecule has 66 valence electrons. The molecule has 0 aliphatic heterocycles. The Morgan fingerprint density at radius 3 is 2.55 bits per heavy atom. The molecule has 0 heterocycles. The lowest BCUT2D eigenvalue weighted by molar-refractivity contribution is 0.184. The van der Waals surface area contributed by atoms with Crippen LogP contribution in [0.25, 0.3) is 0 Å². The lowest BCUT2D eigenvalue weighted by Gasteiger charge is -2.01. The van der Waals surface area contributed by atoms with Crippen LogP contribution in [0.2, 0.25) is 0 Å². The molecule has 11 heavy (non-hydrogen) atoms. The second kappa shape index (κ2) is 5.75. The molecule has 0 bridgehead atoms. The van der Waals surface area contributed by atoms with E-state index in [9.17, 15) is 4.57 Å². The Labute approximate surface area is 70.0 Å². The molecule has 4 nitrogen and oxygen atoms in total. The Bertz CT molecular complexity index is 164. The summed E-state index contributed by atoms with van der Waals surface area (Å²) in [5, 5.41) is 0. The predicted octanol–water partition coefficient (Wildman–Crippen LogP) is 0.933. The molecule has 0 aliphatic carbocycles. The highest BCUT2D eigenvalue weighted by Crippen LogP contribution is 2.33. The smallest absolute Gasteiger partial charge is 0.350 e. The number of hydrogen-bond donors (Lipinski definition) is 2. The first-order chi connectivity index (χ1) is 5.06. The van der Waals surface area contributed by atoms with Gasteiger partial charge in [0.15, 0.2) is 0 Å². The fourth-order valence-electron chi connectivity index (χ4n) is 0.371. The molecular weight excluding hydrogens is 190 g/mol. The summed E-state index contributed by atoms with van der Waals surface area (Å²) >= 11 is 5.27. The number of halogens is 1. The number of alkyl halides is 1. The molecule has 0 aromatic carbocycles. The molecule has 0 aromatic heterocycles. The molecule has 0 aromatic rings. The van der Waals surface area contributed by atoms with Crippen LogP contribution in [0.15, 0.2) is 12.2 Å². The van der Waals surface area contributed by atoms with E-state index in [1.807, 2.05) is 0 Å². The number of rotatable bonds is 5. The molecule has 2 N–H and O–H groups in total. The molecule has 0 unspecified atom stereocenters. The summed E-state index contributed by atoms with van der Waals surface area (Å²) in [7, 11) is -4.00. The van der Waals surface area contributed by atoms with E-state index < -0.39 is 13.9 Å². The van der Waals surface area contributed by atoms with Gasteiger partial charge in [0.25, 0.3) is 0 Å². The van der Waals surface area contributed by atoms with Crippen molar-refractivity contribution in [2.24, 2.45) is 0 Å². The largest absolute Gasteiger partial charge is 0.365 e. The van der Waals surface area contributed by atoms with E-state index in [-0.39, 0.29) is 6.61 Å². The Morgan fingerprint density at radius 2 is 2.09 bits per heavy atom. The molecule has 0 atom stereocenters. The van der Waals surface area contributed by atoms with E-state index in [0.717, 1.165) is 0 Å². The molecule has 0 saturated carbocycles. The third kappa shape index (κ3) is 10.1. The summed E-state index contributed by atoms with van der Waals surface area (Å²) < 4.78 is 14.8. The van der Waals surface area contributed by atoms with Crippen LogP contribution in [0.5, 0.6) is 0 Å². The molecule has 0 radical (unpaired) electrons. The Balaban J connectivity index is 3.29. The van der Waals surface area contributed by atoms with E-state index in [1.165, 1.54) is 0 Å². The van der Waals surface area contributed by atoms with Gasteiger partial charge in [0.1, 0.15) is 6.35 Å². The van der Waals surface area contributed by atoms with Gasteiger partial charge in [0, 0.05) is 5.88 Å². The summed E-state index contributed by atoms with van der Waals surface area (Å²) in [5.74, 6) is 0.374. The van der Waals surface area contributed by atoms with Crippen LogP contribution >= 0.6 is 19.2 Å². The van der Waals surface area contributed by atoms with E-state index in [1.54, 1.807) is 12.2 Å². The van der Waals surface area contributed by atoms with Crippen LogP contribution in [0.4, 0.5) is 0 Å². The van der Waals surface area contributed by atoms with Gasteiger partial charge in [0.05, 0.1) is 6.61 Å². The van der Waals surface area contributed by atoms with E-state index in [0.29, 0.717) is 5.88 Å². The minimum Gasteiger partial charge on any atom is -0.365 e. The number of hydrogen-bond acceptors (Lipinski definition) is 2. The van der Waals surface area contributed by atoms with Crippen molar-refractivity contribution < 1.29 is 19.1 Å². The highest BCUT2D eigenvalue weighted by molar-refractivity contribution is 7.51. The fourth-order valence-corrected chi connectivity index (χ4v) is 0.840. The Morgan fingerprint density at radius 1 is 1.45 bits per heavy atom. The average Bonchev–Trinajstić information content (AvgIpc) is 1.85. The minimum absolute atomic E-state index is 0.178. The van der Waals surface area contributed by atoms with Crippen molar-refractivity contribution in [2.45, 2.75) is 0 Å². The van der Waals surface area contributed by atoms with Crippen molar-refractivity contribution >= 4 is 19.2 Å². The lowest BCUT2D eigenvalue weighted by Crippen LogP contribution is -1.94. The summed E-state index contributed by atoms with van der Waals surface area (Å²) in [5.41, 5.74) is 0. The average molecular weight is 201 g/mol. The van der Waals surface area contributed by atoms with E-state index >= 15 is 0 Å². The molecule has 6 heteroatoms. The van der Waals surface area contributed by atoms with Crippen molar-refractivity contribution in [1.82, 2.24) is 0 Å². The maximum absolute atomic E-state index is 10.2. The zero-order chi connectivity index (χ0) is 8.74. The van der Waals surface area contributed by atoms with Crippen LogP contribution < -0.4 is 0 Å². The first kappa shape index (κ1) is 11.1. The molecule has 0 fully saturated rings. The number of ether oxygens (including phenoxy) is 1. The van der Waals surface area contributed by atoms with Crippen LogP contribution in [0.3, 0.4) is 0 Å². The maximum atomic E-state index is 10.2. The normalized spacial score (nSPS) is 12.6. The highest BCUT2D eigenvalue weighted by Gasteiger charge is 2.11. The number of allylic oxidation sites excluding steroid dienone is 1. The minimum atomic E-state index is -4.00. The van der Waals surface area contributed by atoms with E-state index in [2.05, 4.69) is 4.74 Å². The molecule has 0 rings (SSSR count). The first-order valence-corrected chi connectivity index (χ1v) is 5.23. The summed E-state index contributed by atoms with van der Waals surface area (Å²) in [4.78, 5) is 16.6. The fraction of sp³-hybridized carbons (Fsp3) is 0.600. The Hall–Kier alpha value is 0.140. The Kier molecular flexibility index (Phi) is 5.82. The van der Waals surface area contributed by atoms with Crippen LogP contribution in [-0.4, -0.2) is 28.6 Å². The van der Waals surface area contributed by atoms with Crippen LogP contribution in [0, 0.1) is 0 Å². The van der Waals surface area contributed by atoms with Gasteiger partial charge in [-0.15, -0.1) is 11.6 Å². The zero-order valence-electron chi connectivity index (χ0n) is 5.81. The van der Waals surface area contributed by atoms with Crippen LogP contribution in [-0.2, 0) is 9.30 Å². The van der Waals surface area contributed by atoms with Gasteiger partial charge in [-0.25, -0.2) is 0 Å². The molecule has 0 spiro atoms. The van der Waals surface area contributed by atoms with Crippen molar-refractivity contribution in [3.05, 3.63) is 12.2 Å². The van der Waals surface area contributed by atoms with Crippen molar-refractivity contribution in [2.75, 3.05) is 18.8 Å². The SMILES string of the molecule is O=P(O)(O)COCC=CCCl. The quantitative estimate of drug-likeness (QED) is 0.300. The molecule has 0 aliphatic rings. The summed E-state index contributed by atoms with van der Waals surface area (Å²) in [6.45, 7) is 0.178. The molecule has 0 saturated heterocycles. The monoisotopic (exact) mass is 200 g/mol. The van der Waals surface area contributed by atoms with Gasteiger partial charge >= 0.3 is 7.60 Å². The second-order valence-electron chi connectivity index (χ2n) is 1.79. The molecule has 0 amide bonds. The third-order valence-corrected chi connectivity index (χ3v) is 1.43. The highest BCUT2D eigenvalue weighted by atomic mass is 35.5. The lowest BCUT2D eigenvalue weighted by atomic mass is 10.6. The summed E-state index contributed by atoms with van der Waals surface area (Å²) in [6, 6.07) is 0. The van der Waals surface area contributed by atoms with Gasteiger partial charge in [-0.3, -0.25) is 4.57 Å². The predicted molar refractivity (Wildman–Crippen MR) is 42.7 cm³/mol.